The first-order valence-electron chi connectivity index (χ1n) is 19.0. The van der Waals surface area contributed by atoms with Crippen molar-refractivity contribution < 1.29 is 4.42 Å². The molecule has 0 unspecified atom stereocenters. The second-order valence-corrected chi connectivity index (χ2v) is 14.3. The Hall–Kier alpha value is -7.76. The van der Waals surface area contributed by atoms with Crippen LogP contribution >= 0.6 is 0 Å². The van der Waals surface area contributed by atoms with Crippen molar-refractivity contribution in [2.24, 2.45) is 0 Å². The Morgan fingerprint density at radius 1 is 0.333 bits per heavy atom. The van der Waals surface area contributed by atoms with Crippen LogP contribution in [0.4, 0.5) is 0 Å². The van der Waals surface area contributed by atoms with Crippen molar-refractivity contribution in [2.45, 2.75) is 0 Å². The van der Waals surface area contributed by atoms with Crippen LogP contribution in [0.1, 0.15) is 0 Å². The predicted octanol–water partition coefficient (Wildman–Crippen LogP) is 13.5. The minimum absolute atomic E-state index is 0.592. The molecule has 8 aromatic carbocycles. The summed E-state index contributed by atoms with van der Waals surface area (Å²) in [6, 6.07) is 64.9. The fourth-order valence-electron chi connectivity index (χ4n) is 7.90. The van der Waals surface area contributed by atoms with E-state index in [2.05, 4.69) is 127 Å². The van der Waals surface area contributed by atoms with Gasteiger partial charge in [-0.3, -0.25) is 4.98 Å². The number of pyridine rings is 1. The van der Waals surface area contributed by atoms with E-state index >= 15 is 0 Å². The number of hydrogen-bond donors (Lipinski definition) is 0. The summed E-state index contributed by atoms with van der Waals surface area (Å²) >= 11 is 0. The molecule has 0 amide bonds. The van der Waals surface area contributed by atoms with Crippen molar-refractivity contribution in [1.29, 1.82) is 0 Å². The molecule has 0 aliphatic heterocycles. The lowest BCUT2D eigenvalue weighted by atomic mass is 9.97. The molecular weight excluding hydrogens is 697 g/mol. The number of nitrogens with zero attached hydrogens (tertiary/aromatic N) is 4. The zero-order chi connectivity index (χ0) is 37.7. The van der Waals surface area contributed by atoms with Crippen LogP contribution in [0, 0.1) is 0 Å². The van der Waals surface area contributed by atoms with E-state index in [9.17, 15) is 0 Å². The Morgan fingerprint density at radius 2 is 0.930 bits per heavy atom. The van der Waals surface area contributed by atoms with E-state index in [4.69, 9.17) is 24.4 Å². The largest absolute Gasteiger partial charge is 0.456 e. The minimum Gasteiger partial charge on any atom is -0.456 e. The van der Waals surface area contributed by atoms with Crippen LogP contribution in [-0.2, 0) is 0 Å². The average molecular weight is 729 g/mol. The molecule has 0 N–H and O–H groups in total. The lowest BCUT2D eigenvalue weighted by Crippen LogP contribution is -2.00. The van der Waals surface area contributed by atoms with Gasteiger partial charge in [-0.05, 0) is 74.6 Å². The van der Waals surface area contributed by atoms with Crippen LogP contribution in [0.3, 0.4) is 0 Å². The molecule has 0 spiro atoms. The van der Waals surface area contributed by atoms with Gasteiger partial charge < -0.3 is 4.42 Å². The fraction of sp³-hybridized carbons (Fsp3) is 0. The highest BCUT2D eigenvalue weighted by molar-refractivity contribution is 6.13. The summed E-state index contributed by atoms with van der Waals surface area (Å²) in [6.45, 7) is 0. The molecule has 0 saturated heterocycles. The summed E-state index contributed by atoms with van der Waals surface area (Å²) in [5, 5.41) is 6.95. The Labute approximate surface area is 328 Å². The van der Waals surface area contributed by atoms with Gasteiger partial charge >= 0.3 is 0 Å². The number of hydrogen-bond acceptors (Lipinski definition) is 5. The van der Waals surface area contributed by atoms with Crippen LogP contribution in [0.15, 0.2) is 199 Å². The first-order valence-corrected chi connectivity index (χ1v) is 19.0. The van der Waals surface area contributed by atoms with Gasteiger partial charge in [0.05, 0.1) is 5.69 Å². The summed E-state index contributed by atoms with van der Waals surface area (Å²) in [4.78, 5) is 20.0. The van der Waals surface area contributed by atoms with Gasteiger partial charge in [0.15, 0.2) is 17.5 Å². The number of benzene rings is 8. The highest BCUT2D eigenvalue weighted by Gasteiger charge is 2.17. The maximum Gasteiger partial charge on any atom is 0.164 e. The minimum atomic E-state index is 0.592. The molecule has 57 heavy (non-hydrogen) atoms. The van der Waals surface area contributed by atoms with Gasteiger partial charge in [0.2, 0.25) is 0 Å². The van der Waals surface area contributed by atoms with E-state index < -0.39 is 0 Å². The van der Waals surface area contributed by atoms with Crippen molar-refractivity contribution in [3.05, 3.63) is 194 Å². The molecular formula is C52H32N4O. The monoisotopic (exact) mass is 728 g/mol. The van der Waals surface area contributed by atoms with E-state index in [1.54, 1.807) is 0 Å². The van der Waals surface area contributed by atoms with Crippen molar-refractivity contribution in [3.63, 3.8) is 0 Å². The second kappa shape index (κ2) is 13.5. The molecule has 0 atom stereocenters. The van der Waals surface area contributed by atoms with E-state index in [-0.39, 0.29) is 0 Å². The lowest BCUT2D eigenvalue weighted by molar-refractivity contribution is 0.669. The van der Waals surface area contributed by atoms with Gasteiger partial charge in [0.1, 0.15) is 11.2 Å². The molecule has 3 aromatic heterocycles. The Kier molecular flexibility index (Phi) is 7.74. The van der Waals surface area contributed by atoms with Gasteiger partial charge in [0.25, 0.3) is 0 Å². The van der Waals surface area contributed by atoms with Gasteiger partial charge in [-0.15, -0.1) is 0 Å². The van der Waals surface area contributed by atoms with Gasteiger partial charge in [-0.1, -0.05) is 152 Å². The number of furan rings is 1. The zero-order valence-electron chi connectivity index (χ0n) is 30.7. The van der Waals surface area contributed by atoms with Gasteiger partial charge in [-0.2, -0.15) is 0 Å². The van der Waals surface area contributed by atoms with E-state index in [1.807, 2.05) is 66.9 Å². The smallest absolute Gasteiger partial charge is 0.164 e. The summed E-state index contributed by atoms with van der Waals surface area (Å²) in [5.74, 6) is 1.82. The van der Waals surface area contributed by atoms with Crippen molar-refractivity contribution >= 4 is 43.5 Å². The molecule has 11 rings (SSSR count). The van der Waals surface area contributed by atoms with Crippen LogP contribution in [0.2, 0.25) is 0 Å². The van der Waals surface area contributed by atoms with Gasteiger partial charge in [0, 0.05) is 44.8 Å². The molecule has 0 aliphatic carbocycles. The summed E-state index contributed by atoms with van der Waals surface area (Å²) < 4.78 is 6.43. The van der Waals surface area contributed by atoms with Crippen LogP contribution in [-0.4, -0.2) is 19.9 Å². The Bertz CT molecular complexity index is 3270. The van der Waals surface area contributed by atoms with E-state index in [1.165, 1.54) is 21.5 Å². The van der Waals surface area contributed by atoms with E-state index in [0.29, 0.717) is 17.5 Å². The topological polar surface area (TPSA) is 64.7 Å². The van der Waals surface area contributed by atoms with Crippen LogP contribution < -0.4 is 0 Å². The SMILES string of the molecule is c1ccc(-c2ccc(-c3nc(-c4ccccc4)nc(-c4ccc5oc6cccc(-c7ccc(-c8ccc9c(ccc%10ccccc%109)c8)nc7)c6c5c4)n3)cc2)cc1. The maximum atomic E-state index is 6.43. The Morgan fingerprint density at radius 3 is 1.70 bits per heavy atom. The molecule has 0 bridgehead atoms. The first kappa shape index (κ1) is 32.7. The van der Waals surface area contributed by atoms with Crippen molar-refractivity contribution in [1.82, 2.24) is 19.9 Å². The fourth-order valence-corrected chi connectivity index (χ4v) is 7.90. The molecule has 0 aliphatic rings. The third kappa shape index (κ3) is 5.90. The normalized spacial score (nSPS) is 11.5. The molecule has 3 heterocycles. The summed E-state index contributed by atoms with van der Waals surface area (Å²) in [7, 11) is 0. The zero-order valence-corrected chi connectivity index (χ0v) is 30.7. The first-order chi connectivity index (χ1) is 28.2. The third-order valence-corrected chi connectivity index (χ3v) is 10.8. The molecule has 0 radical (unpaired) electrons. The lowest BCUT2D eigenvalue weighted by Gasteiger charge is -2.10. The molecule has 0 fully saturated rings. The van der Waals surface area contributed by atoms with Crippen LogP contribution in [0.5, 0.6) is 0 Å². The summed E-state index contributed by atoms with van der Waals surface area (Å²) in [6.07, 6.45) is 1.96. The molecule has 5 nitrogen and oxygen atoms in total. The molecule has 266 valence electrons. The Balaban J connectivity index is 0.985. The van der Waals surface area contributed by atoms with Crippen molar-refractivity contribution in [2.75, 3.05) is 0 Å². The van der Waals surface area contributed by atoms with Gasteiger partial charge in [-0.25, -0.2) is 15.0 Å². The number of rotatable bonds is 6. The third-order valence-electron chi connectivity index (χ3n) is 10.8. The quantitative estimate of drug-likeness (QED) is 0.160. The summed E-state index contributed by atoms with van der Waals surface area (Å²) in [5.41, 5.74) is 10.7. The highest BCUT2D eigenvalue weighted by atomic mass is 16.3. The molecule has 11 aromatic rings. The number of fused-ring (bicyclic) bond motifs is 6. The molecule has 5 heteroatoms. The predicted molar refractivity (Wildman–Crippen MR) is 233 cm³/mol. The average Bonchev–Trinajstić information content (AvgIpc) is 3.68. The van der Waals surface area contributed by atoms with Crippen LogP contribution in [0.25, 0.3) is 111 Å². The van der Waals surface area contributed by atoms with Crippen molar-refractivity contribution in [3.8, 4) is 67.7 Å². The standard InChI is InChI=1S/C52H32N4O/c1-3-10-33(11-4-1)34-18-21-37(22-19-34)51-54-50(36-13-5-2-6-14-36)55-52(56-51)40-26-29-47-45(31-40)49-44(16-9-17-48(49)57-47)41-25-28-46(53-32-41)39-24-27-43-38(30-39)23-20-35-12-7-8-15-42(35)43/h1-32H. The molecule has 0 saturated carbocycles. The highest BCUT2D eigenvalue weighted by Crippen LogP contribution is 2.39. The maximum absolute atomic E-state index is 6.43. The second-order valence-electron chi connectivity index (χ2n) is 14.3. The number of aromatic nitrogens is 4. The van der Waals surface area contributed by atoms with E-state index in [0.717, 1.165) is 72.1 Å².